The molecule has 2 unspecified atom stereocenters. The Balaban J connectivity index is 1.71. The van der Waals surface area contributed by atoms with Crippen molar-refractivity contribution in [2.45, 2.75) is 26.3 Å². The fourth-order valence-electron chi connectivity index (χ4n) is 3.10. The summed E-state index contributed by atoms with van der Waals surface area (Å²) in [4.78, 5) is 31.6. The number of aromatic nitrogens is 1. The number of nitrogens with one attached hydrogen (secondary N) is 2. The Hall–Kier alpha value is -1.47. The van der Waals surface area contributed by atoms with Crippen LogP contribution in [0.5, 0.6) is 0 Å². The summed E-state index contributed by atoms with van der Waals surface area (Å²) >= 11 is 1.59. The number of nitrogens with zero attached hydrogens (tertiary/aromatic N) is 2. The Morgan fingerprint density at radius 2 is 2.36 bits per heavy atom. The molecular weight excluding hydrogens is 300 g/mol. The lowest BCUT2D eigenvalue weighted by Crippen LogP contribution is -2.40. The molecule has 0 spiro atoms. The lowest BCUT2D eigenvalue weighted by Gasteiger charge is -2.27. The molecule has 0 radical (unpaired) electrons. The standard InChI is InChI=1S/C15H22N4O2S/c1-10-13(22-9-18-10)8-19(7-11-2-3-16-5-11)15(21)12-4-14(20)17-6-12/h9,11-12,16H,2-8H2,1H3,(H,17,20). The first-order valence-electron chi connectivity index (χ1n) is 7.78. The van der Waals surface area contributed by atoms with Crippen molar-refractivity contribution >= 4 is 23.2 Å². The van der Waals surface area contributed by atoms with Gasteiger partial charge < -0.3 is 15.5 Å². The maximum atomic E-state index is 12.8. The number of carbonyl (C=O) groups is 2. The quantitative estimate of drug-likeness (QED) is 0.829. The molecule has 0 saturated carbocycles. The Morgan fingerprint density at radius 1 is 1.50 bits per heavy atom. The first kappa shape index (κ1) is 15.4. The maximum Gasteiger partial charge on any atom is 0.228 e. The van der Waals surface area contributed by atoms with Crippen LogP contribution in [0, 0.1) is 18.8 Å². The van der Waals surface area contributed by atoms with Crippen LogP contribution in [-0.2, 0) is 16.1 Å². The zero-order valence-electron chi connectivity index (χ0n) is 12.8. The van der Waals surface area contributed by atoms with Crippen LogP contribution in [0.4, 0.5) is 0 Å². The van der Waals surface area contributed by atoms with Crippen molar-refractivity contribution in [3.8, 4) is 0 Å². The summed E-state index contributed by atoms with van der Waals surface area (Å²) in [7, 11) is 0. The van der Waals surface area contributed by atoms with Crippen LogP contribution < -0.4 is 10.6 Å². The van der Waals surface area contributed by atoms with Gasteiger partial charge in [0.05, 0.1) is 23.7 Å². The average Bonchev–Trinajstić information content (AvgIpc) is 3.22. The molecule has 3 heterocycles. The first-order valence-corrected chi connectivity index (χ1v) is 8.66. The van der Waals surface area contributed by atoms with Gasteiger partial charge in [-0.3, -0.25) is 9.59 Å². The van der Waals surface area contributed by atoms with Crippen LogP contribution in [0.1, 0.15) is 23.4 Å². The molecule has 2 saturated heterocycles. The molecular formula is C15H22N4O2S. The minimum Gasteiger partial charge on any atom is -0.355 e. The summed E-state index contributed by atoms with van der Waals surface area (Å²) in [6.45, 7) is 5.80. The summed E-state index contributed by atoms with van der Waals surface area (Å²) in [6, 6.07) is 0. The van der Waals surface area contributed by atoms with Gasteiger partial charge in [0.25, 0.3) is 0 Å². The summed E-state index contributed by atoms with van der Waals surface area (Å²) in [6.07, 6.45) is 1.42. The Kier molecular flexibility index (Phi) is 4.73. The molecule has 1 aromatic rings. The number of carbonyl (C=O) groups excluding carboxylic acids is 2. The van der Waals surface area contributed by atoms with E-state index in [1.807, 2.05) is 17.3 Å². The van der Waals surface area contributed by atoms with Crippen molar-refractivity contribution in [1.82, 2.24) is 20.5 Å². The molecule has 6 nitrogen and oxygen atoms in total. The van der Waals surface area contributed by atoms with Crippen molar-refractivity contribution < 1.29 is 9.59 Å². The normalized spacial score (nSPS) is 24.5. The van der Waals surface area contributed by atoms with E-state index in [9.17, 15) is 9.59 Å². The van der Waals surface area contributed by atoms with Crippen molar-refractivity contribution in [3.63, 3.8) is 0 Å². The fourth-order valence-corrected chi connectivity index (χ4v) is 3.90. The van der Waals surface area contributed by atoms with Crippen LogP contribution in [-0.4, -0.2) is 47.9 Å². The zero-order valence-corrected chi connectivity index (χ0v) is 13.6. The number of hydrogen-bond acceptors (Lipinski definition) is 5. The van der Waals surface area contributed by atoms with Crippen molar-refractivity contribution in [2.75, 3.05) is 26.2 Å². The molecule has 2 amide bonds. The first-order chi connectivity index (χ1) is 10.6. The molecule has 0 aromatic carbocycles. The maximum absolute atomic E-state index is 12.8. The van der Waals surface area contributed by atoms with E-state index in [0.717, 1.165) is 36.6 Å². The third-order valence-electron chi connectivity index (χ3n) is 4.46. The molecule has 1 aromatic heterocycles. The molecule has 7 heteroatoms. The van der Waals surface area contributed by atoms with Gasteiger partial charge in [-0.2, -0.15) is 0 Å². The van der Waals surface area contributed by atoms with E-state index in [1.165, 1.54) is 0 Å². The average molecular weight is 322 g/mol. The lowest BCUT2D eigenvalue weighted by atomic mass is 10.0. The minimum absolute atomic E-state index is 0.0187. The van der Waals surface area contributed by atoms with Gasteiger partial charge in [0, 0.05) is 24.4 Å². The second-order valence-corrected chi connectivity index (χ2v) is 7.08. The van der Waals surface area contributed by atoms with Crippen molar-refractivity contribution in [1.29, 1.82) is 0 Å². The monoisotopic (exact) mass is 322 g/mol. The van der Waals surface area contributed by atoms with Crippen LogP contribution in [0.15, 0.2) is 5.51 Å². The van der Waals surface area contributed by atoms with Crippen LogP contribution >= 0.6 is 11.3 Å². The topological polar surface area (TPSA) is 74.3 Å². The highest BCUT2D eigenvalue weighted by atomic mass is 32.1. The van der Waals surface area contributed by atoms with Gasteiger partial charge in [0.15, 0.2) is 0 Å². The van der Waals surface area contributed by atoms with E-state index in [1.54, 1.807) is 11.3 Å². The number of hydrogen-bond donors (Lipinski definition) is 2. The van der Waals surface area contributed by atoms with Gasteiger partial charge in [0.1, 0.15) is 0 Å². The molecule has 2 aliphatic rings. The highest BCUT2D eigenvalue weighted by molar-refractivity contribution is 7.09. The Bertz CT molecular complexity index is 553. The van der Waals surface area contributed by atoms with Gasteiger partial charge >= 0.3 is 0 Å². The van der Waals surface area contributed by atoms with Gasteiger partial charge in [-0.05, 0) is 32.4 Å². The molecule has 0 bridgehead atoms. The van der Waals surface area contributed by atoms with Gasteiger partial charge in [-0.1, -0.05) is 0 Å². The largest absolute Gasteiger partial charge is 0.355 e. The molecule has 2 aliphatic heterocycles. The predicted molar refractivity (Wildman–Crippen MR) is 84.4 cm³/mol. The van der Waals surface area contributed by atoms with Crippen LogP contribution in [0.25, 0.3) is 0 Å². The van der Waals surface area contributed by atoms with E-state index in [-0.39, 0.29) is 17.7 Å². The van der Waals surface area contributed by atoms with Gasteiger partial charge in [-0.25, -0.2) is 4.98 Å². The second kappa shape index (κ2) is 6.75. The highest BCUT2D eigenvalue weighted by Crippen LogP contribution is 2.21. The van der Waals surface area contributed by atoms with Crippen LogP contribution in [0.3, 0.4) is 0 Å². The summed E-state index contributed by atoms with van der Waals surface area (Å²) in [5, 5.41) is 6.11. The number of thiazole rings is 1. The Morgan fingerprint density at radius 3 is 2.95 bits per heavy atom. The van der Waals surface area contributed by atoms with Crippen molar-refractivity contribution in [3.05, 3.63) is 16.1 Å². The predicted octanol–water partition coefficient (Wildman–Crippen LogP) is 0.526. The molecule has 3 rings (SSSR count). The number of aryl methyl sites for hydroxylation is 1. The number of rotatable bonds is 5. The summed E-state index contributed by atoms with van der Waals surface area (Å²) in [5.41, 5.74) is 2.82. The fraction of sp³-hybridized carbons (Fsp3) is 0.667. The molecule has 0 aliphatic carbocycles. The molecule has 22 heavy (non-hydrogen) atoms. The van der Waals surface area contributed by atoms with E-state index in [2.05, 4.69) is 15.6 Å². The second-order valence-electron chi connectivity index (χ2n) is 6.14. The van der Waals surface area contributed by atoms with E-state index < -0.39 is 0 Å². The van der Waals surface area contributed by atoms with E-state index >= 15 is 0 Å². The summed E-state index contributed by atoms with van der Waals surface area (Å²) < 4.78 is 0. The molecule has 2 fully saturated rings. The smallest absolute Gasteiger partial charge is 0.228 e. The molecule has 120 valence electrons. The third kappa shape index (κ3) is 3.47. The minimum atomic E-state index is -0.213. The third-order valence-corrected chi connectivity index (χ3v) is 5.38. The number of amides is 2. The van der Waals surface area contributed by atoms with E-state index in [4.69, 9.17) is 0 Å². The zero-order chi connectivity index (χ0) is 15.5. The summed E-state index contributed by atoms with van der Waals surface area (Å²) in [5.74, 6) is 0.366. The SMILES string of the molecule is Cc1ncsc1CN(CC1CCNC1)C(=O)C1CNC(=O)C1. The molecule has 2 N–H and O–H groups in total. The van der Waals surface area contributed by atoms with Crippen molar-refractivity contribution in [2.24, 2.45) is 11.8 Å². The van der Waals surface area contributed by atoms with Crippen LogP contribution in [0.2, 0.25) is 0 Å². The molecule has 2 atom stereocenters. The van der Waals surface area contributed by atoms with E-state index in [0.29, 0.717) is 25.4 Å². The lowest BCUT2D eigenvalue weighted by molar-refractivity contribution is -0.137. The van der Waals surface area contributed by atoms with Gasteiger partial charge in [0.2, 0.25) is 11.8 Å². The highest BCUT2D eigenvalue weighted by Gasteiger charge is 2.33. The Labute approximate surface area is 134 Å². The van der Waals surface area contributed by atoms with Gasteiger partial charge in [-0.15, -0.1) is 11.3 Å².